The second-order valence-corrected chi connectivity index (χ2v) is 5.97. The molecule has 0 spiro atoms. The molecule has 0 saturated heterocycles. The van der Waals surface area contributed by atoms with Gasteiger partial charge in [0.2, 0.25) is 0 Å². The highest BCUT2D eigenvalue weighted by molar-refractivity contribution is 14.0. The van der Waals surface area contributed by atoms with Crippen molar-refractivity contribution in [2.24, 2.45) is 10.7 Å². The number of anilines is 1. The molecule has 0 aliphatic heterocycles. The third-order valence-electron chi connectivity index (χ3n) is 3.92. The highest BCUT2D eigenvalue weighted by Crippen LogP contribution is 2.23. The molecule has 3 aromatic carbocycles. The quantitative estimate of drug-likeness (QED) is 0.273. The van der Waals surface area contributed by atoms with E-state index in [0.29, 0.717) is 19.1 Å². The van der Waals surface area contributed by atoms with E-state index in [1.807, 2.05) is 78.9 Å². The number of nitrogens with two attached hydrogens (primary N) is 1. The normalized spacial score (nSPS) is 10.8. The molecule has 0 saturated carbocycles. The van der Waals surface area contributed by atoms with Gasteiger partial charge >= 0.3 is 0 Å². The molecule has 0 radical (unpaired) electrons. The van der Waals surface area contributed by atoms with Gasteiger partial charge in [0.05, 0.1) is 13.2 Å². The van der Waals surface area contributed by atoms with Crippen molar-refractivity contribution in [2.75, 3.05) is 12.4 Å². The van der Waals surface area contributed by atoms with Gasteiger partial charge in [0.15, 0.2) is 5.96 Å². The van der Waals surface area contributed by atoms with Crippen LogP contribution in [-0.2, 0) is 17.9 Å². The number of hydrogen-bond acceptors (Lipinski definition) is 3. The molecule has 0 bridgehead atoms. The lowest BCUT2D eigenvalue weighted by atomic mass is 10.1. The maximum Gasteiger partial charge on any atom is 0.193 e. The number of ether oxygens (including phenoxy) is 2. The fourth-order valence-corrected chi connectivity index (χ4v) is 2.63. The van der Waals surface area contributed by atoms with Crippen molar-refractivity contribution in [3.63, 3.8) is 0 Å². The molecule has 146 valence electrons. The summed E-state index contributed by atoms with van der Waals surface area (Å²) in [4.78, 5) is 4.43. The van der Waals surface area contributed by atoms with E-state index < -0.39 is 0 Å². The summed E-state index contributed by atoms with van der Waals surface area (Å²) in [5, 5.41) is 3.11. The minimum atomic E-state index is 0. The van der Waals surface area contributed by atoms with Crippen molar-refractivity contribution in [3.05, 3.63) is 90.0 Å². The van der Waals surface area contributed by atoms with Crippen molar-refractivity contribution < 1.29 is 9.47 Å². The van der Waals surface area contributed by atoms with Crippen LogP contribution in [0.25, 0.3) is 0 Å². The summed E-state index contributed by atoms with van der Waals surface area (Å²) >= 11 is 0. The topological polar surface area (TPSA) is 68.9 Å². The molecule has 0 heterocycles. The Morgan fingerprint density at radius 2 is 1.57 bits per heavy atom. The van der Waals surface area contributed by atoms with Crippen molar-refractivity contribution >= 4 is 35.6 Å². The minimum Gasteiger partial charge on any atom is -0.457 e. The van der Waals surface area contributed by atoms with Gasteiger partial charge in [-0.25, -0.2) is 4.99 Å². The molecular formula is C22H24IN3O2. The Bertz CT molecular complexity index is 901. The van der Waals surface area contributed by atoms with Gasteiger partial charge in [-0.15, -0.1) is 24.0 Å². The van der Waals surface area contributed by atoms with Gasteiger partial charge in [-0.05, 0) is 35.4 Å². The smallest absolute Gasteiger partial charge is 0.193 e. The zero-order valence-electron chi connectivity index (χ0n) is 15.7. The standard InChI is InChI=1S/C22H23N3O2.HI/c1-26-16-18-9-6-5-8-17(18)15-24-22(23)25-19-10-7-13-21(14-19)27-20-11-3-2-4-12-20;/h2-14H,15-16H2,1H3,(H3,23,24,25);1H. The highest BCUT2D eigenvalue weighted by atomic mass is 127. The van der Waals surface area contributed by atoms with Crippen LogP contribution in [0.5, 0.6) is 11.5 Å². The fraction of sp³-hybridized carbons (Fsp3) is 0.136. The number of halogens is 1. The molecular weight excluding hydrogens is 465 g/mol. The second kappa shape index (κ2) is 11.3. The molecule has 0 atom stereocenters. The van der Waals surface area contributed by atoms with E-state index in [1.165, 1.54) is 0 Å². The third kappa shape index (κ3) is 6.54. The number of benzene rings is 3. The van der Waals surface area contributed by atoms with Crippen LogP contribution in [0.3, 0.4) is 0 Å². The van der Waals surface area contributed by atoms with Gasteiger partial charge in [-0.2, -0.15) is 0 Å². The third-order valence-corrected chi connectivity index (χ3v) is 3.92. The van der Waals surface area contributed by atoms with E-state index in [0.717, 1.165) is 28.3 Å². The summed E-state index contributed by atoms with van der Waals surface area (Å²) in [5.74, 6) is 1.86. The number of guanidine groups is 1. The molecule has 0 aliphatic rings. The number of nitrogens with zero attached hydrogens (tertiary/aromatic N) is 1. The maximum atomic E-state index is 6.05. The summed E-state index contributed by atoms with van der Waals surface area (Å²) in [5.41, 5.74) is 9.06. The van der Waals surface area contributed by atoms with Gasteiger partial charge in [0, 0.05) is 18.9 Å². The van der Waals surface area contributed by atoms with Crippen molar-refractivity contribution in [2.45, 2.75) is 13.2 Å². The molecule has 0 amide bonds. The van der Waals surface area contributed by atoms with Crippen LogP contribution in [-0.4, -0.2) is 13.1 Å². The van der Waals surface area contributed by atoms with Crippen LogP contribution < -0.4 is 15.8 Å². The first-order chi connectivity index (χ1) is 13.2. The van der Waals surface area contributed by atoms with Gasteiger partial charge in [0.1, 0.15) is 11.5 Å². The Morgan fingerprint density at radius 3 is 2.32 bits per heavy atom. The highest BCUT2D eigenvalue weighted by Gasteiger charge is 2.03. The minimum absolute atomic E-state index is 0. The average molecular weight is 489 g/mol. The molecule has 3 aromatic rings. The largest absolute Gasteiger partial charge is 0.457 e. The fourth-order valence-electron chi connectivity index (χ4n) is 2.63. The lowest BCUT2D eigenvalue weighted by molar-refractivity contribution is 0.184. The first-order valence-electron chi connectivity index (χ1n) is 8.70. The summed E-state index contributed by atoms with van der Waals surface area (Å²) in [6.07, 6.45) is 0. The zero-order valence-corrected chi connectivity index (χ0v) is 18.0. The van der Waals surface area contributed by atoms with E-state index in [1.54, 1.807) is 7.11 Å². The average Bonchev–Trinajstić information content (AvgIpc) is 2.69. The molecule has 0 unspecified atom stereocenters. The van der Waals surface area contributed by atoms with Gasteiger partial charge < -0.3 is 20.5 Å². The molecule has 5 nitrogen and oxygen atoms in total. The first-order valence-corrected chi connectivity index (χ1v) is 8.70. The zero-order chi connectivity index (χ0) is 18.9. The number of rotatable bonds is 7. The summed E-state index contributed by atoms with van der Waals surface area (Å²) < 4.78 is 11.1. The van der Waals surface area contributed by atoms with Crippen LogP contribution in [0.2, 0.25) is 0 Å². The Kier molecular flexibility index (Phi) is 8.77. The summed E-state index contributed by atoms with van der Waals surface area (Å²) in [7, 11) is 1.68. The predicted molar refractivity (Wildman–Crippen MR) is 124 cm³/mol. The van der Waals surface area contributed by atoms with Gasteiger partial charge in [-0.3, -0.25) is 0 Å². The van der Waals surface area contributed by atoms with E-state index >= 15 is 0 Å². The van der Waals surface area contributed by atoms with Crippen LogP contribution in [0.4, 0.5) is 5.69 Å². The molecule has 3 rings (SSSR count). The van der Waals surface area contributed by atoms with E-state index in [4.69, 9.17) is 15.2 Å². The van der Waals surface area contributed by atoms with Crippen molar-refractivity contribution in [3.8, 4) is 11.5 Å². The van der Waals surface area contributed by atoms with E-state index in [9.17, 15) is 0 Å². The lowest BCUT2D eigenvalue weighted by Gasteiger charge is -2.10. The van der Waals surface area contributed by atoms with E-state index in [-0.39, 0.29) is 24.0 Å². The number of aliphatic imine (C=N–C) groups is 1. The Morgan fingerprint density at radius 1 is 0.893 bits per heavy atom. The molecule has 0 aromatic heterocycles. The van der Waals surface area contributed by atoms with Crippen LogP contribution >= 0.6 is 24.0 Å². The SMILES string of the molecule is COCc1ccccc1CN=C(N)Nc1cccc(Oc2ccccc2)c1.I. The van der Waals surface area contributed by atoms with Crippen LogP contribution in [0, 0.1) is 0 Å². The lowest BCUT2D eigenvalue weighted by Crippen LogP contribution is -2.22. The molecule has 0 fully saturated rings. The molecule has 6 heteroatoms. The molecule has 0 aliphatic carbocycles. The summed E-state index contributed by atoms with van der Waals surface area (Å²) in [6.45, 7) is 1.04. The molecule has 3 N–H and O–H groups in total. The first kappa shape index (κ1) is 21.7. The van der Waals surface area contributed by atoms with Crippen LogP contribution in [0.1, 0.15) is 11.1 Å². The Balaban J connectivity index is 0.00000280. The van der Waals surface area contributed by atoms with Crippen molar-refractivity contribution in [1.29, 1.82) is 0 Å². The molecule has 28 heavy (non-hydrogen) atoms. The Hall–Kier alpha value is -2.58. The van der Waals surface area contributed by atoms with E-state index in [2.05, 4.69) is 10.3 Å². The van der Waals surface area contributed by atoms with Crippen molar-refractivity contribution in [1.82, 2.24) is 0 Å². The van der Waals surface area contributed by atoms with Crippen LogP contribution in [0.15, 0.2) is 83.9 Å². The Labute approximate surface area is 182 Å². The van der Waals surface area contributed by atoms with Gasteiger partial charge in [0.25, 0.3) is 0 Å². The number of methoxy groups -OCH3 is 1. The summed E-state index contributed by atoms with van der Waals surface area (Å²) in [6, 6.07) is 25.3. The predicted octanol–water partition coefficient (Wildman–Crippen LogP) is 5.17. The monoisotopic (exact) mass is 489 g/mol. The number of nitrogens with one attached hydrogen (secondary N) is 1. The number of para-hydroxylation sites is 1. The van der Waals surface area contributed by atoms with Gasteiger partial charge in [-0.1, -0.05) is 48.5 Å². The maximum absolute atomic E-state index is 6.05. The number of hydrogen-bond donors (Lipinski definition) is 2. The second-order valence-electron chi connectivity index (χ2n) is 5.97.